The Morgan fingerprint density at radius 1 is 1.11 bits per heavy atom. The van der Waals surface area contributed by atoms with Gasteiger partial charge in [-0.15, -0.1) is 24.7 Å². The summed E-state index contributed by atoms with van der Waals surface area (Å²) in [6.45, 7) is 3.47. The highest BCUT2D eigenvalue weighted by atomic mass is 32.2. The SMILES string of the molecule is C#CCCOS(=O)(=O)C(F)(F)F.C#CCCn1c([N+](=O)[O-])cnc1C.COCn1cc([N+](=O)[O-])nc1C. The summed E-state index contributed by atoms with van der Waals surface area (Å²) in [6, 6.07) is 0. The van der Waals surface area contributed by atoms with E-state index in [0.717, 1.165) is 0 Å². The smallest absolute Gasteiger partial charge is 0.364 e. The third kappa shape index (κ3) is 11.1. The van der Waals surface area contributed by atoms with Crippen LogP contribution in [0.2, 0.25) is 0 Å². The minimum atomic E-state index is -5.47. The number of aromatic nitrogens is 4. The average molecular weight is 552 g/mol. The average Bonchev–Trinajstić information content (AvgIpc) is 3.35. The van der Waals surface area contributed by atoms with E-state index in [-0.39, 0.29) is 24.8 Å². The van der Waals surface area contributed by atoms with Crippen molar-refractivity contribution in [3.05, 3.63) is 44.3 Å². The molecule has 0 saturated heterocycles. The van der Waals surface area contributed by atoms with Gasteiger partial charge in [-0.3, -0.25) is 8.75 Å². The predicted molar refractivity (Wildman–Crippen MR) is 122 cm³/mol. The van der Waals surface area contributed by atoms with E-state index < -0.39 is 32.1 Å². The zero-order chi connectivity index (χ0) is 28.8. The topological polar surface area (TPSA) is 175 Å². The molecular formula is C19H23F3N6O8S. The van der Waals surface area contributed by atoms with Crippen molar-refractivity contribution in [2.75, 3.05) is 13.7 Å². The highest BCUT2D eigenvalue weighted by molar-refractivity contribution is 7.87. The van der Waals surface area contributed by atoms with Gasteiger partial charge >= 0.3 is 27.3 Å². The normalized spacial score (nSPS) is 10.7. The zero-order valence-electron chi connectivity index (χ0n) is 19.8. The summed E-state index contributed by atoms with van der Waals surface area (Å²) in [4.78, 5) is 27.3. The lowest BCUT2D eigenvalue weighted by Gasteiger charge is -2.06. The molecule has 0 bridgehead atoms. The monoisotopic (exact) mass is 552 g/mol. The van der Waals surface area contributed by atoms with Gasteiger partial charge in [0.2, 0.25) is 5.82 Å². The standard InChI is InChI=1S/C8H9N3O2.C6H9N3O3.C5H5F3O3S/c1-3-4-5-10-7(2)9-6-8(10)11(12)13;1-5-7-6(9(10)11)3-8(5)4-12-2;1-2-3-4-11-12(9,10)5(6,7)8/h1,6H,4-5H2,2H3;3H,4H2,1-2H3;1H,3-4H2. The number of rotatable bonds is 9. The number of alkyl halides is 3. The summed E-state index contributed by atoms with van der Waals surface area (Å²) < 4.78 is 66.1. The highest BCUT2D eigenvalue weighted by Gasteiger charge is 2.47. The van der Waals surface area contributed by atoms with E-state index in [1.165, 1.54) is 24.1 Å². The van der Waals surface area contributed by atoms with E-state index in [0.29, 0.717) is 24.6 Å². The van der Waals surface area contributed by atoms with E-state index in [2.05, 4.69) is 26.5 Å². The zero-order valence-corrected chi connectivity index (χ0v) is 20.7. The first kappa shape index (κ1) is 33.0. The fraction of sp³-hybridized carbons (Fsp3) is 0.474. The van der Waals surface area contributed by atoms with Crippen LogP contribution in [0.3, 0.4) is 0 Å². The molecule has 2 rings (SSSR count). The number of terminal acetylenes is 2. The van der Waals surface area contributed by atoms with E-state index in [1.807, 2.05) is 5.92 Å². The Labute approximate surface area is 209 Å². The molecule has 0 aliphatic rings. The molecule has 204 valence electrons. The fourth-order valence-electron chi connectivity index (χ4n) is 2.18. The molecular weight excluding hydrogens is 529 g/mol. The van der Waals surface area contributed by atoms with Crippen molar-refractivity contribution in [3.8, 4) is 24.7 Å². The summed E-state index contributed by atoms with van der Waals surface area (Å²) in [5.41, 5.74) is -5.37. The number of hydrogen-bond donors (Lipinski definition) is 0. The highest BCUT2D eigenvalue weighted by Crippen LogP contribution is 2.24. The van der Waals surface area contributed by atoms with Crippen LogP contribution in [-0.2, 0) is 32.3 Å². The molecule has 0 unspecified atom stereocenters. The molecule has 37 heavy (non-hydrogen) atoms. The Morgan fingerprint density at radius 3 is 2.14 bits per heavy atom. The van der Waals surface area contributed by atoms with Crippen LogP contribution in [0.4, 0.5) is 24.8 Å². The first-order valence-electron chi connectivity index (χ1n) is 9.79. The Balaban J connectivity index is 0.000000526. The molecule has 18 heteroatoms. The number of nitrogens with zero attached hydrogens (tertiary/aromatic N) is 6. The number of halogens is 3. The molecule has 0 N–H and O–H groups in total. The van der Waals surface area contributed by atoms with Crippen LogP contribution >= 0.6 is 0 Å². The molecule has 0 aliphatic carbocycles. The van der Waals surface area contributed by atoms with Gasteiger partial charge in [0.15, 0.2) is 5.82 Å². The van der Waals surface area contributed by atoms with Crippen LogP contribution < -0.4 is 0 Å². The van der Waals surface area contributed by atoms with Gasteiger partial charge < -0.3 is 25.0 Å². The van der Waals surface area contributed by atoms with E-state index in [1.54, 1.807) is 18.4 Å². The summed E-state index contributed by atoms with van der Waals surface area (Å²) in [5, 5.41) is 20.8. The molecule has 0 aromatic carbocycles. The first-order chi connectivity index (χ1) is 17.1. The molecule has 0 atom stereocenters. The second-order valence-electron chi connectivity index (χ2n) is 6.49. The van der Waals surface area contributed by atoms with Gasteiger partial charge in [0, 0.05) is 33.8 Å². The fourth-order valence-corrected chi connectivity index (χ4v) is 2.62. The first-order valence-corrected chi connectivity index (χ1v) is 11.2. The summed E-state index contributed by atoms with van der Waals surface area (Å²) >= 11 is 0. The molecule has 0 amide bonds. The van der Waals surface area contributed by atoms with Crippen molar-refractivity contribution < 1.29 is 40.4 Å². The van der Waals surface area contributed by atoms with Crippen LogP contribution in [0.15, 0.2) is 12.4 Å². The maximum atomic E-state index is 11.5. The van der Waals surface area contributed by atoms with Crippen LogP contribution in [0.25, 0.3) is 0 Å². The predicted octanol–water partition coefficient (Wildman–Crippen LogP) is 2.70. The van der Waals surface area contributed by atoms with Crippen LogP contribution in [0.1, 0.15) is 24.5 Å². The summed E-state index contributed by atoms with van der Waals surface area (Å²) in [6.07, 6.45) is 12.6. The largest absolute Gasteiger partial charge is 0.523 e. The van der Waals surface area contributed by atoms with Crippen molar-refractivity contribution >= 4 is 21.8 Å². The number of imidazole rings is 2. The second-order valence-corrected chi connectivity index (χ2v) is 8.10. The number of ether oxygens (including phenoxy) is 1. The molecule has 2 aromatic rings. The van der Waals surface area contributed by atoms with Gasteiger partial charge in [-0.05, 0) is 14.8 Å². The maximum absolute atomic E-state index is 11.5. The van der Waals surface area contributed by atoms with E-state index in [4.69, 9.17) is 11.2 Å². The molecule has 2 aromatic heterocycles. The quantitative estimate of drug-likeness (QED) is 0.112. The minimum Gasteiger partial charge on any atom is -0.364 e. The second kappa shape index (κ2) is 15.2. The number of aryl methyl sites for hydroxylation is 2. The molecule has 0 spiro atoms. The van der Waals surface area contributed by atoms with Gasteiger partial charge in [-0.2, -0.15) is 21.6 Å². The molecule has 0 aliphatic heterocycles. The van der Waals surface area contributed by atoms with Crippen molar-refractivity contribution in [2.24, 2.45) is 0 Å². The van der Waals surface area contributed by atoms with Crippen molar-refractivity contribution in [1.29, 1.82) is 0 Å². The van der Waals surface area contributed by atoms with Crippen LogP contribution in [0.5, 0.6) is 0 Å². The lowest BCUT2D eigenvalue weighted by Crippen LogP contribution is -2.25. The van der Waals surface area contributed by atoms with Crippen molar-refractivity contribution in [3.63, 3.8) is 0 Å². The number of methoxy groups -OCH3 is 1. The Bertz CT molecular complexity index is 1240. The third-order valence-corrected chi connectivity index (χ3v) is 4.93. The van der Waals surface area contributed by atoms with Gasteiger partial charge in [0.1, 0.15) is 25.7 Å². The third-order valence-electron chi connectivity index (χ3n) is 3.89. The van der Waals surface area contributed by atoms with Gasteiger partial charge in [-0.1, -0.05) is 0 Å². The van der Waals surface area contributed by atoms with Crippen molar-refractivity contribution in [1.82, 2.24) is 19.1 Å². The minimum absolute atomic E-state index is 0.00671. The molecule has 14 nitrogen and oxygen atoms in total. The lowest BCUT2D eigenvalue weighted by molar-refractivity contribution is -0.392. The van der Waals surface area contributed by atoms with Crippen LogP contribution in [-0.4, -0.2) is 56.6 Å². The van der Waals surface area contributed by atoms with Gasteiger partial charge in [0.05, 0.1) is 6.61 Å². The van der Waals surface area contributed by atoms with Gasteiger partial charge in [-0.25, -0.2) is 9.55 Å². The molecule has 0 radical (unpaired) electrons. The number of nitro groups is 2. The molecule has 0 fully saturated rings. The van der Waals surface area contributed by atoms with Crippen molar-refractivity contribution in [2.45, 2.75) is 45.5 Å². The van der Waals surface area contributed by atoms with E-state index >= 15 is 0 Å². The van der Waals surface area contributed by atoms with Gasteiger partial charge in [0.25, 0.3) is 0 Å². The Kier molecular flexibility index (Phi) is 13.5. The Hall–Kier alpha value is -4.00. The lowest BCUT2D eigenvalue weighted by atomic mass is 10.4. The Morgan fingerprint density at radius 2 is 1.70 bits per heavy atom. The van der Waals surface area contributed by atoms with E-state index in [9.17, 15) is 41.8 Å². The summed E-state index contributed by atoms with van der Waals surface area (Å²) in [5.74, 6) is 5.39. The maximum Gasteiger partial charge on any atom is 0.523 e. The molecule has 2 heterocycles. The summed E-state index contributed by atoms with van der Waals surface area (Å²) in [7, 11) is -3.95. The molecule has 0 saturated carbocycles. The van der Waals surface area contributed by atoms with Crippen LogP contribution in [0, 0.1) is 58.8 Å². The number of hydrogen-bond acceptors (Lipinski definition) is 10.